The van der Waals surface area contributed by atoms with Gasteiger partial charge >= 0.3 is 0 Å². The fourth-order valence-electron chi connectivity index (χ4n) is 1.26. The third-order valence-corrected chi connectivity index (χ3v) is 2.92. The second kappa shape index (κ2) is 8.89. The Morgan fingerprint density at radius 2 is 2.39 bits per heavy atom. The minimum absolute atomic E-state index is 0.107. The zero-order valence-electron chi connectivity index (χ0n) is 9.99. The van der Waals surface area contributed by atoms with Crippen molar-refractivity contribution in [2.45, 2.75) is 10.8 Å². The summed E-state index contributed by atoms with van der Waals surface area (Å²) in [5.41, 5.74) is 1.52. The third-order valence-electron chi connectivity index (χ3n) is 2.14. The van der Waals surface area contributed by atoms with Gasteiger partial charge < -0.3 is 10.1 Å². The third kappa shape index (κ3) is 5.47. The van der Waals surface area contributed by atoms with E-state index in [4.69, 9.17) is 11.2 Å². The number of nitrogens with zero attached hydrogens (tertiary/aromatic N) is 1. The first kappa shape index (κ1) is 14.9. The summed E-state index contributed by atoms with van der Waals surface area (Å²) in [7, 11) is 0. The van der Waals surface area contributed by atoms with Crippen LogP contribution in [0.15, 0.2) is 18.3 Å². The van der Waals surface area contributed by atoms with E-state index in [-0.39, 0.29) is 5.91 Å². The van der Waals surface area contributed by atoms with Crippen molar-refractivity contribution in [1.82, 2.24) is 10.3 Å². The highest BCUT2D eigenvalue weighted by Gasteiger charge is 2.05. The Morgan fingerprint density at radius 3 is 3.11 bits per heavy atom. The van der Waals surface area contributed by atoms with Gasteiger partial charge in [-0.15, -0.1) is 12.3 Å². The van der Waals surface area contributed by atoms with E-state index in [0.29, 0.717) is 31.7 Å². The molecule has 5 heteroatoms. The summed E-state index contributed by atoms with van der Waals surface area (Å²) >= 11 is 2.21. The normalized spacial score (nSPS) is 9.78. The summed E-state index contributed by atoms with van der Waals surface area (Å²) in [5.74, 6) is 2.38. The van der Waals surface area contributed by atoms with Crippen LogP contribution in [0, 0.1) is 12.3 Å². The van der Waals surface area contributed by atoms with E-state index in [1.165, 1.54) is 0 Å². The molecule has 18 heavy (non-hydrogen) atoms. The van der Waals surface area contributed by atoms with E-state index in [1.807, 2.05) is 0 Å². The molecule has 0 spiro atoms. The SMILES string of the molecule is C#CCCOCCNC(=O)c1ccnc(CI)c1. The van der Waals surface area contributed by atoms with Gasteiger partial charge in [0.05, 0.1) is 18.9 Å². The number of rotatable bonds is 7. The van der Waals surface area contributed by atoms with Crippen LogP contribution in [0.4, 0.5) is 0 Å². The van der Waals surface area contributed by atoms with Crippen LogP contribution in [0.3, 0.4) is 0 Å². The fraction of sp³-hybridized carbons (Fsp3) is 0.385. The van der Waals surface area contributed by atoms with Crippen LogP contribution in [0.5, 0.6) is 0 Å². The second-order valence-electron chi connectivity index (χ2n) is 3.49. The average molecular weight is 358 g/mol. The molecule has 1 N–H and O–H groups in total. The molecule has 0 radical (unpaired) electrons. The van der Waals surface area contributed by atoms with Gasteiger partial charge in [0.25, 0.3) is 5.91 Å². The number of carbonyl (C=O) groups is 1. The van der Waals surface area contributed by atoms with Crippen molar-refractivity contribution in [3.63, 3.8) is 0 Å². The molecule has 1 amide bonds. The Balaban J connectivity index is 2.30. The number of ether oxygens (including phenoxy) is 1. The minimum Gasteiger partial charge on any atom is -0.379 e. The maximum absolute atomic E-state index is 11.8. The lowest BCUT2D eigenvalue weighted by Crippen LogP contribution is -2.27. The van der Waals surface area contributed by atoms with E-state index in [2.05, 4.69) is 38.8 Å². The summed E-state index contributed by atoms with van der Waals surface area (Å²) in [6, 6.07) is 3.49. The predicted octanol–water partition coefficient (Wildman–Crippen LogP) is 1.79. The summed E-state index contributed by atoms with van der Waals surface area (Å²) in [6.45, 7) is 1.48. The molecule has 1 aromatic heterocycles. The molecule has 0 bridgehead atoms. The number of alkyl halides is 1. The predicted molar refractivity (Wildman–Crippen MR) is 78.6 cm³/mol. The lowest BCUT2D eigenvalue weighted by Gasteiger charge is -2.06. The van der Waals surface area contributed by atoms with Crippen molar-refractivity contribution in [2.75, 3.05) is 19.8 Å². The van der Waals surface area contributed by atoms with Gasteiger partial charge in [-0.3, -0.25) is 9.78 Å². The van der Waals surface area contributed by atoms with Gasteiger partial charge in [-0.05, 0) is 12.1 Å². The quantitative estimate of drug-likeness (QED) is 0.350. The molecule has 96 valence electrons. The van der Waals surface area contributed by atoms with Gasteiger partial charge in [0, 0.05) is 29.2 Å². The van der Waals surface area contributed by atoms with Crippen LogP contribution in [0.2, 0.25) is 0 Å². The molecular weight excluding hydrogens is 343 g/mol. The van der Waals surface area contributed by atoms with E-state index in [0.717, 1.165) is 10.1 Å². The number of pyridine rings is 1. The van der Waals surface area contributed by atoms with Gasteiger partial charge in [-0.1, -0.05) is 22.6 Å². The number of carbonyl (C=O) groups excluding carboxylic acids is 1. The largest absolute Gasteiger partial charge is 0.379 e. The first-order valence-corrected chi connectivity index (χ1v) is 7.10. The van der Waals surface area contributed by atoms with E-state index in [1.54, 1.807) is 18.3 Å². The van der Waals surface area contributed by atoms with Gasteiger partial charge in [0.2, 0.25) is 0 Å². The lowest BCUT2D eigenvalue weighted by molar-refractivity contribution is 0.0918. The molecule has 0 unspecified atom stereocenters. The van der Waals surface area contributed by atoms with Crippen LogP contribution in [0.1, 0.15) is 22.5 Å². The van der Waals surface area contributed by atoms with Crippen molar-refractivity contribution in [3.05, 3.63) is 29.6 Å². The Hall–Kier alpha value is -1.13. The summed E-state index contributed by atoms with van der Waals surface area (Å²) < 4.78 is 6.02. The fourth-order valence-corrected chi connectivity index (χ4v) is 1.68. The zero-order valence-corrected chi connectivity index (χ0v) is 12.1. The average Bonchev–Trinajstić information content (AvgIpc) is 2.42. The minimum atomic E-state index is -0.107. The zero-order chi connectivity index (χ0) is 13.2. The van der Waals surface area contributed by atoms with Gasteiger partial charge in [-0.2, -0.15) is 0 Å². The van der Waals surface area contributed by atoms with Gasteiger partial charge in [-0.25, -0.2) is 0 Å². The smallest absolute Gasteiger partial charge is 0.251 e. The van der Waals surface area contributed by atoms with Crippen molar-refractivity contribution >= 4 is 28.5 Å². The molecule has 0 aliphatic rings. The number of hydrogen-bond acceptors (Lipinski definition) is 3. The number of nitrogens with one attached hydrogen (secondary N) is 1. The second-order valence-corrected chi connectivity index (χ2v) is 4.25. The van der Waals surface area contributed by atoms with Crippen LogP contribution in [0.25, 0.3) is 0 Å². The molecular formula is C13H15IN2O2. The Labute approximate surface area is 121 Å². The monoisotopic (exact) mass is 358 g/mol. The lowest BCUT2D eigenvalue weighted by atomic mass is 10.2. The van der Waals surface area contributed by atoms with Gasteiger partial charge in [0.15, 0.2) is 0 Å². The molecule has 0 atom stereocenters. The maximum atomic E-state index is 11.8. The van der Waals surface area contributed by atoms with Crippen LogP contribution >= 0.6 is 22.6 Å². The van der Waals surface area contributed by atoms with Crippen molar-refractivity contribution < 1.29 is 9.53 Å². The highest BCUT2D eigenvalue weighted by atomic mass is 127. The van der Waals surface area contributed by atoms with Crippen LogP contribution in [-0.4, -0.2) is 30.6 Å². The van der Waals surface area contributed by atoms with E-state index in [9.17, 15) is 4.79 Å². The number of aromatic nitrogens is 1. The molecule has 4 nitrogen and oxygen atoms in total. The summed E-state index contributed by atoms with van der Waals surface area (Å²) in [4.78, 5) is 15.9. The first-order valence-electron chi connectivity index (χ1n) is 5.58. The molecule has 1 aromatic rings. The summed E-state index contributed by atoms with van der Waals surface area (Å²) in [6.07, 6.45) is 7.33. The highest BCUT2D eigenvalue weighted by Crippen LogP contribution is 2.05. The molecule has 0 saturated heterocycles. The van der Waals surface area contributed by atoms with Crippen molar-refractivity contribution in [3.8, 4) is 12.3 Å². The highest BCUT2D eigenvalue weighted by molar-refractivity contribution is 14.1. The van der Waals surface area contributed by atoms with E-state index >= 15 is 0 Å². The number of terminal acetylenes is 1. The molecule has 0 aliphatic heterocycles. The number of amides is 1. The van der Waals surface area contributed by atoms with Crippen molar-refractivity contribution in [2.24, 2.45) is 0 Å². The number of hydrogen-bond donors (Lipinski definition) is 1. The Bertz CT molecular complexity index is 429. The first-order chi connectivity index (χ1) is 8.77. The molecule has 0 fully saturated rings. The number of halogens is 1. The molecule has 0 saturated carbocycles. The maximum Gasteiger partial charge on any atom is 0.251 e. The van der Waals surface area contributed by atoms with Crippen molar-refractivity contribution in [1.29, 1.82) is 0 Å². The standard InChI is InChI=1S/C13H15IN2O2/c1-2-3-7-18-8-6-16-13(17)11-4-5-15-12(9-11)10-14/h1,4-5,9H,3,6-8,10H2,(H,16,17). The topological polar surface area (TPSA) is 51.2 Å². The molecule has 0 aliphatic carbocycles. The van der Waals surface area contributed by atoms with Gasteiger partial charge in [0.1, 0.15) is 0 Å². The molecule has 0 aromatic carbocycles. The summed E-state index contributed by atoms with van der Waals surface area (Å²) in [5, 5.41) is 2.78. The van der Waals surface area contributed by atoms with Crippen LogP contribution < -0.4 is 5.32 Å². The molecule has 1 rings (SSSR count). The Kier molecular flexibility index (Phi) is 7.37. The molecule has 1 heterocycles. The van der Waals surface area contributed by atoms with E-state index < -0.39 is 0 Å². The van der Waals surface area contributed by atoms with Crippen LogP contribution in [-0.2, 0) is 9.16 Å². The Morgan fingerprint density at radius 1 is 1.56 bits per heavy atom.